The lowest BCUT2D eigenvalue weighted by molar-refractivity contribution is -0.500. The van der Waals surface area contributed by atoms with Gasteiger partial charge in [0.1, 0.15) is 11.2 Å². The molecule has 0 heterocycles. The van der Waals surface area contributed by atoms with Gasteiger partial charge in [0.2, 0.25) is 6.54 Å². The van der Waals surface area contributed by atoms with E-state index in [4.69, 9.17) is 4.74 Å². The van der Waals surface area contributed by atoms with Crippen molar-refractivity contribution in [3.63, 3.8) is 0 Å². The first-order valence-electron chi connectivity index (χ1n) is 5.93. The molecule has 1 aliphatic rings. The second-order valence-corrected chi connectivity index (χ2v) is 5.80. The number of carbonyl (C=O) groups excluding carboxylic acids is 1. The van der Waals surface area contributed by atoms with Gasteiger partial charge in [-0.2, -0.15) is 0 Å². The predicted molar refractivity (Wildman–Crippen MR) is 63.8 cm³/mol. The second-order valence-electron chi connectivity index (χ2n) is 5.80. The zero-order chi connectivity index (χ0) is 14.0. The third-order valence-corrected chi connectivity index (χ3v) is 2.73. The monoisotopic (exact) mass is 260 g/mol. The van der Waals surface area contributed by atoms with E-state index in [2.05, 4.69) is 5.32 Å². The summed E-state index contributed by atoms with van der Waals surface area (Å²) >= 11 is 0. The molecule has 1 aliphatic carbocycles. The van der Waals surface area contributed by atoms with Gasteiger partial charge in [-0.1, -0.05) is 0 Å². The lowest BCUT2D eigenvalue weighted by Gasteiger charge is -2.22. The van der Waals surface area contributed by atoms with E-state index in [9.17, 15) is 20.0 Å². The molecule has 1 amide bonds. The average molecular weight is 260 g/mol. The Morgan fingerprint density at radius 1 is 1.61 bits per heavy atom. The molecule has 0 bridgehead atoms. The molecule has 0 aromatic heterocycles. The molecular weight excluding hydrogens is 240 g/mol. The Bertz CT molecular complexity index is 339. The molecule has 0 spiro atoms. The van der Waals surface area contributed by atoms with Gasteiger partial charge in [-0.3, -0.25) is 10.1 Å². The fourth-order valence-electron chi connectivity index (χ4n) is 2.09. The Morgan fingerprint density at radius 3 is 2.72 bits per heavy atom. The van der Waals surface area contributed by atoms with Crippen molar-refractivity contribution in [3.8, 4) is 0 Å². The molecule has 0 aromatic rings. The van der Waals surface area contributed by atoms with Crippen molar-refractivity contribution in [1.29, 1.82) is 0 Å². The highest BCUT2D eigenvalue weighted by Gasteiger charge is 2.42. The molecule has 0 aromatic carbocycles. The molecule has 0 radical (unpaired) electrons. The van der Waals surface area contributed by atoms with Crippen molar-refractivity contribution < 1.29 is 19.6 Å². The molecule has 0 aliphatic heterocycles. The fraction of sp³-hybridized carbons (Fsp3) is 0.909. The van der Waals surface area contributed by atoms with E-state index in [-0.39, 0.29) is 12.5 Å². The van der Waals surface area contributed by atoms with Crippen LogP contribution in [-0.4, -0.2) is 39.9 Å². The van der Waals surface area contributed by atoms with Crippen molar-refractivity contribution in [2.75, 3.05) is 6.54 Å². The summed E-state index contributed by atoms with van der Waals surface area (Å²) in [6.07, 6.45) is 0.462. The van der Waals surface area contributed by atoms with E-state index in [1.165, 1.54) is 0 Å². The zero-order valence-electron chi connectivity index (χ0n) is 10.9. The molecule has 0 saturated heterocycles. The SMILES string of the molecule is CC(C)(C)OC(=O)NC1CCC(O)(C[N+](=O)[O-])C1. The summed E-state index contributed by atoms with van der Waals surface area (Å²) in [4.78, 5) is 21.4. The highest BCUT2D eigenvalue weighted by atomic mass is 16.6. The number of nitrogens with one attached hydrogen (secondary N) is 1. The number of ether oxygens (including phenoxy) is 1. The summed E-state index contributed by atoms with van der Waals surface area (Å²) in [5.41, 5.74) is -1.90. The topological polar surface area (TPSA) is 102 Å². The van der Waals surface area contributed by atoms with Crippen LogP contribution in [0.3, 0.4) is 0 Å². The lowest BCUT2D eigenvalue weighted by Crippen LogP contribution is -2.41. The smallest absolute Gasteiger partial charge is 0.407 e. The summed E-state index contributed by atoms with van der Waals surface area (Å²) in [5.74, 6) is 0. The summed E-state index contributed by atoms with van der Waals surface area (Å²) in [6, 6.07) is -0.273. The van der Waals surface area contributed by atoms with Gasteiger partial charge in [-0.25, -0.2) is 4.79 Å². The van der Waals surface area contributed by atoms with Crippen molar-refractivity contribution in [2.45, 2.75) is 57.3 Å². The van der Waals surface area contributed by atoms with Gasteiger partial charge in [-0.15, -0.1) is 0 Å². The number of amides is 1. The van der Waals surface area contributed by atoms with E-state index < -0.39 is 28.8 Å². The maximum atomic E-state index is 11.5. The summed E-state index contributed by atoms with van der Waals surface area (Å²) in [6.45, 7) is 4.78. The van der Waals surface area contributed by atoms with Crippen LogP contribution in [-0.2, 0) is 4.74 Å². The number of rotatable bonds is 3. The van der Waals surface area contributed by atoms with Crippen LogP contribution in [0, 0.1) is 10.1 Å². The third kappa shape index (κ3) is 4.87. The number of nitro groups is 1. The molecule has 1 saturated carbocycles. The van der Waals surface area contributed by atoms with E-state index >= 15 is 0 Å². The maximum Gasteiger partial charge on any atom is 0.407 e. The maximum absolute atomic E-state index is 11.5. The Balaban J connectivity index is 2.43. The van der Waals surface area contributed by atoms with E-state index in [1.54, 1.807) is 20.8 Å². The summed E-state index contributed by atoms with van der Waals surface area (Å²) < 4.78 is 5.08. The Kier molecular flexibility index (Phi) is 4.16. The number of hydrogen-bond donors (Lipinski definition) is 2. The van der Waals surface area contributed by atoms with Gasteiger partial charge >= 0.3 is 6.09 Å². The molecular formula is C11H20N2O5. The van der Waals surface area contributed by atoms with Crippen LogP contribution >= 0.6 is 0 Å². The van der Waals surface area contributed by atoms with Crippen molar-refractivity contribution in [1.82, 2.24) is 5.32 Å². The number of nitrogens with zero attached hydrogens (tertiary/aromatic N) is 1. The van der Waals surface area contributed by atoms with Crippen LogP contribution in [0.4, 0.5) is 4.79 Å². The lowest BCUT2D eigenvalue weighted by atomic mass is 10.0. The van der Waals surface area contributed by atoms with Crippen LogP contribution in [0.1, 0.15) is 40.0 Å². The van der Waals surface area contributed by atoms with Crippen LogP contribution in [0.15, 0.2) is 0 Å². The van der Waals surface area contributed by atoms with Crippen LogP contribution in [0.25, 0.3) is 0 Å². The summed E-state index contributed by atoms with van der Waals surface area (Å²) in [5, 5.41) is 23.0. The van der Waals surface area contributed by atoms with Gasteiger partial charge in [-0.05, 0) is 33.6 Å². The molecule has 2 unspecified atom stereocenters. The quantitative estimate of drug-likeness (QED) is 0.583. The largest absolute Gasteiger partial charge is 0.444 e. The molecule has 18 heavy (non-hydrogen) atoms. The number of carbonyl (C=O) groups is 1. The van der Waals surface area contributed by atoms with Crippen LogP contribution in [0.5, 0.6) is 0 Å². The van der Waals surface area contributed by atoms with Gasteiger partial charge in [0.05, 0.1) is 0 Å². The standard InChI is InChI=1S/C11H20N2O5/c1-10(2,3)18-9(14)12-8-4-5-11(15,6-8)7-13(16)17/h8,15H,4-7H2,1-3H3,(H,12,14). The normalized spacial score (nSPS) is 27.9. The van der Waals surface area contributed by atoms with Gasteiger partial charge in [0.15, 0.2) is 0 Å². The van der Waals surface area contributed by atoms with Crippen LogP contribution < -0.4 is 5.32 Å². The Morgan fingerprint density at radius 2 is 2.22 bits per heavy atom. The van der Waals surface area contributed by atoms with Crippen LogP contribution in [0.2, 0.25) is 0 Å². The third-order valence-electron chi connectivity index (χ3n) is 2.73. The molecule has 1 rings (SSSR count). The number of aliphatic hydroxyl groups is 1. The molecule has 2 N–H and O–H groups in total. The fourth-order valence-corrected chi connectivity index (χ4v) is 2.09. The van der Waals surface area contributed by atoms with Gasteiger partial charge < -0.3 is 15.2 Å². The first-order chi connectivity index (χ1) is 8.10. The summed E-state index contributed by atoms with van der Waals surface area (Å²) in [7, 11) is 0. The molecule has 7 nitrogen and oxygen atoms in total. The Labute approximate surface area is 106 Å². The molecule has 1 fully saturated rings. The first-order valence-corrected chi connectivity index (χ1v) is 5.93. The molecule has 7 heteroatoms. The number of alkyl carbamates (subject to hydrolysis) is 1. The highest BCUT2D eigenvalue weighted by molar-refractivity contribution is 5.68. The molecule has 2 atom stereocenters. The minimum atomic E-state index is -1.32. The van der Waals surface area contributed by atoms with E-state index in [0.29, 0.717) is 12.8 Å². The second kappa shape index (κ2) is 5.09. The first kappa shape index (κ1) is 14.7. The van der Waals surface area contributed by atoms with Gasteiger partial charge in [0, 0.05) is 17.4 Å². The minimum Gasteiger partial charge on any atom is -0.444 e. The highest BCUT2D eigenvalue weighted by Crippen LogP contribution is 2.30. The van der Waals surface area contributed by atoms with Crippen molar-refractivity contribution in [2.24, 2.45) is 0 Å². The Hall–Kier alpha value is -1.37. The zero-order valence-corrected chi connectivity index (χ0v) is 10.9. The van der Waals surface area contributed by atoms with E-state index in [0.717, 1.165) is 0 Å². The van der Waals surface area contributed by atoms with Crippen molar-refractivity contribution in [3.05, 3.63) is 10.1 Å². The number of hydrogen-bond acceptors (Lipinski definition) is 5. The predicted octanol–water partition coefficient (Wildman–Crippen LogP) is 1.07. The van der Waals surface area contributed by atoms with Crippen molar-refractivity contribution >= 4 is 6.09 Å². The van der Waals surface area contributed by atoms with E-state index in [1.807, 2.05) is 0 Å². The minimum absolute atomic E-state index is 0.188. The molecule has 104 valence electrons. The average Bonchev–Trinajstić information content (AvgIpc) is 2.41. The van der Waals surface area contributed by atoms with Gasteiger partial charge in [0.25, 0.3) is 0 Å².